The molecule has 0 radical (unpaired) electrons. The standard InChI is InChI=1S/C27H28N4O5S/c1-27(2,3)30-26(32)31-37(33,34)25-15-20(21-16-28-29-17-21)10-13-24(25)36-23-7-5-6-19(14-23)18-8-11-22(35-4)12-9-18/h5-17H,1-4H3,(H,28,29)(H2,30,31,32). The van der Waals surface area contributed by atoms with Crippen molar-refractivity contribution in [3.8, 4) is 39.5 Å². The van der Waals surface area contributed by atoms with Crippen molar-refractivity contribution >= 4 is 16.1 Å². The molecular weight excluding hydrogens is 492 g/mol. The first kappa shape index (κ1) is 25.8. The second-order valence-electron chi connectivity index (χ2n) is 9.32. The molecule has 0 atom stereocenters. The van der Waals surface area contributed by atoms with Gasteiger partial charge in [0.05, 0.1) is 13.3 Å². The van der Waals surface area contributed by atoms with Gasteiger partial charge >= 0.3 is 6.03 Å². The van der Waals surface area contributed by atoms with E-state index in [1.54, 1.807) is 58.5 Å². The monoisotopic (exact) mass is 520 g/mol. The fraction of sp³-hybridized carbons (Fsp3) is 0.185. The van der Waals surface area contributed by atoms with Crippen molar-refractivity contribution in [1.29, 1.82) is 0 Å². The fourth-order valence-electron chi connectivity index (χ4n) is 3.58. The molecular formula is C27H28N4O5S. The van der Waals surface area contributed by atoms with Gasteiger partial charge in [-0.1, -0.05) is 30.3 Å². The third kappa shape index (κ3) is 6.47. The fourth-order valence-corrected chi connectivity index (χ4v) is 4.65. The van der Waals surface area contributed by atoms with Crippen molar-refractivity contribution in [3.05, 3.63) is 79.1 Å². The van der Waals surface area contributed by atoms with Gasteiger partial charge in [0, 0.05) is 17.3 Å². The number of urea groups is 1. The maximum absolute atomic E-state index is 13.3. The van der Waals surface area contributed by atoms with Crippen LogP contribution in [-0.4, -0.2) is 37.3 Å². The smallest absolute Gasteiger partial charge is 0.329 e. The van der Waals surface area contributed by atoms with Gasteiger partial charge in [0.25, 0.3) is 10.0 Å². The number of rotatable bonds is 7. The van der Waals surface area contributed by atoms with Gasteiger partial charge < -0.3 is 14.8 Å². The zero-order valence-electron chi connectivity index (χ0n) is 20.9. The van der Waals surface area contributed by atoms with Crippen LogP contribution in [0.1, 0.15) is 20.8 Å². The van der Waals surface area contributed by atoms with Crippen LogP contribution in [0.25, 0.3) is 22.3 Å². The van der Waals surface area contributed by atoms with Crippen LogP contribution in [0.15, 0.2) is 84.0 Å². The number of amides is 2. The van der Waals surface area contributed by atoms with Gasteiger partial charge in [-0.2, -0.15) is 5.10 Å². The Morgan fingerprint density at radius 3 is 2.24 bits per heavy atom. The number of aromatic amines is 1. The molecule has 0 fully saturated rings. The van der Waals surface area contributed by atoms with E-state index in [1.807, 2.05) is 42.5 Å². The van der Waals surface area contributed by atoms with Crippen LogP contribution < -0.4 is 19.5 Å². The molecule has 2 amide bonds. The topological polar surface area (TPSA) is 122 Å². The maximum Gasteiger partial charge on any atom is 0.329 e. The first-order valence-electron chi connectivity index (χ1n) is 11.4. The summed E-state index contributed by atoms with van der Waals surface area (Å²) in [5.74, 6) is 1.24. The number of aromatic nitrogens is 2. The predicted octanol–water partition coefficient (Wildman–Crippen LogP) is 5.33. The van der Waals surface area contributed by atoms with E-state index < -0.39 is 21.6 Å². The molecule has 3 aromatic carbocycles. The van der Waals surface area contributed by atoms with E-state index in [0.717, 1.165) is 16.9 Å². The highest BCUT2D eigenvalue weighted by molar-refractivity contribution is 7.90. The average Bonchev–Trinajstić information content (AvgIpc) is 3.38. The lowest BCUT2D eigenvalue weighted by molar-refractivity contribution is 0.237. The minimum absolute atomic E-state index is 0.0650. The van der Waals surface area contributed by atoms with Gasteiger partial charge in [0.15, 0.2) is 0 Å². The van der Waals surface area contributed by atoms with Gasteiger partial charge in [-0.25, -0.2) is 17.9 Å². The lowest BCUT2D eigenvalue weighted by Crippen LogP contribution is -2.48. The van der Waals surface area contributed by atoms with Crippen molar-refractivity contribution in [2.24, 2.45) is 0 Å². The largest absolute Gasteiger partial charge is 0.497 e. The van der Waals surface area contributed by atoms with E-state index in [1.165, 1.54) is 6.07 Å². The Morgan fingerprint density at radius 2 is 1.59 bits per heavy atom. The Bertz CT molecular complexity index is 1490. The molecule has 1 aromatic heterocycles. The van der Waals surface area contributed by atoms with Crippen molar-refractivity contribution in [2.45, 2.75) is 31.2 Å². The number of methoxy groups -OCH3 is 1. The molecule has 9 nitrogen and oxygen atoms in total. The van der Waals surface area contributed by atoms with Crippen LogP contribution >= 0.6 is 0 Å². The lowest BCUT2D eigenvalue weighted by atomic mass is 10.1. The minimum atomic E-state index is -4.30. The van der Waals surface area contributed by atoms with Crippen LogP contribution in [0.3, 0.4) is 0 Å². The van der Waals surface area contributed by atoms with Gasteiger partial charge in [-0.3, -0.25) is 5.10 Å². The summed E-state index contributed by atoms with van der Waals surface area (Å²) in [4.78, 5) is 12.2. The molecule has 3 N–H and O–H groups in total. The minimum Gasteiger partial charge on any atom is -0.497 e. The summed E-state index contributed by atoms with van der Waals surface area (Å²) in [5, 5.41) is 9.23. The highest BCUT2D eigenvalue weighted by Gasteiger charge is 2.25. The average molecular weight is 521 g/mol. The summed E-state index contributed by atoms with van der Waals surface area (Å²) in [5.41, 5.74) is 2.46. The molecule has 4 rings (SSSR count). The highest BCUT2D eigenvalue weighted by atomic mass is 32.2. The normalized spacial score (nSPS) is 11.6. The Morgan fingerprint density at radius 1 is 0.892 bits per heavy atom. The van der Waals surface area contributed by atoms with Gasteiger partial charge in [0.1, 0.15) is 22.1 Å². The second kappa shape index (κ2) is 10.4. The van der Waals surface area contributed by atoms with E-state index in [9.17, 15) is 13.2 Å². The maximum atomic E-state index is 13.3. The number of sulfonamides is 1. The Balaban J connectivity index is 1.69. The number of carbonyl (C=O) groups is 1. The van der Waals surface area contributed by atoms with Gasteiger partial charge in [0.2, 0.25) is 0 Å². The Labute approximate surface area is 215 Å². The third-order valence-corrected chi connectivity index (χ3v) is 6.62. The summed E-state index contributed by atoms with van der Waals surface area (Å²) < 4.78 is 40.0. The molecule has 0 spiro atoms. The molecule has 1 heterocycles. The van der Waals surface area contributed by atoms with Crippen LogP contribution in [0.2, 0.25) is 0 Å². The number of nitrogens with one attached hydrogen (secondary N) is 3. The number of hydrogen-bond acceptors (Lipinski definition) is 6. The molecule has 0 aliphatic rings. The molecule has 0 saturated carbocycles. The molecule has 0 saturated heterocycles. The Hall–Kier alpha value is -4.31. The summed E-state index contributed by atoms with van der Waals surface area (Å²) >= 11 is 0. The van der Waals surface area contributed by atoms with E-state index in [-0.39, 0.29) is 10.6 Å². The second-order valence-corrected chi connectivity index (χ2v) is 11.0. The van der Waals surface area contributed by atoms with Crippen molar-refractivity contribution in [2.75, 3.05) is 7.11 Å². The molecule has 0 unspecified atom stereocenters. The van der Waals surface area contributed by atoms with Crippen LogP contribution in [0.4, 0.5) is 4.79 Å². The van der Waals surface area contributed by atoms with Crippen molar-refractivity contribution in [1.82, 2.24) is 20.2 Å². The quantitative estimate of drug-likeness (QED) is 0.303. The molecule has 0 bridgehead atoms. The van der Waals surface area contributed by atoms with Crippen molar-refractivity contribution < 1.29 is 22.7 Å². The van der Waals surface area contributed by atoms with E-state index in [0.29, 0.717) is 16.9 Å². The summed E-state index contributed by atoms with van der Waals surface area (Å²) in [7, 11) is -2.69. The molecule has 192 valence electrons. The molecule has 37 heavy (non-hydrogen) atoms. The van der Waals surface area contributed by atoms with E-state index in [4.69, 9.17) is 9.47 Å². The van der Waals surface area contributed by atoms with Crippen LogP contribution in [0.5, 0.6) is 17.2 Å². The number of ether oxygens (including phenoxy) is 2. The number of H-pyrrole nitrogens is 1. The zero-order valence-corrected chi connectivity index (χ0v) is 21.7. The molecule has 4 aromatic rings. The molecule has 0 aliphatic heterocycles. The number of nitrogens with zero attached hydrogens (tertiary/aromatic N) is 1. The predicted molar refractivity (Wildman–Crippen MR) is 141 cm³/mol. The van der Waals surface area contributed by atoms with Gasteiger partial charge in [-0.05, 0) is 73.9 Å². The summed E-state index contributed by atoms with van der Waals surface area (Å²) in [6.07, 6.45) is 3.22. The zero-order chi connectivity index (χ0) is 26.6. The SMILES string of the molecule is COc1ccc(-c2cccc(Oc3ccc(-c4cn[nH]c4)cc3S(=O)(=O)NC(=O)NC(C)(C)C)c2)cc1. The summed E-state index contributed by atoms with van der Waals surface area (Å²) in [6, 6.07) is 18.7. The number of hydrogen-bond donors (Lipinski definition) is 3. The first-order valence-corrected chi connectivity index (χ1v) is 12.9. The number of benzene rings is 3. The Kier molecular flexibility index (Phi) is 7.21. The van der Waals surface area contributed by atoms with Crippen molar-refractivity contribution in [3.63, 3.8) is 0 Å². The van der Waals surface area contributed by atoms with Crippen LogP contribution in [0, 0.1) is 0 Å². The van der Waals surface area contributed by atoms with Crippen LogP contribution in [-0.2, 0) is 10.0 Å². The first-order chi connectivity index (χ1) is 17.5. The summed E-state index contributed by atoms with van der Waals surface area (Å²) in [6.45, 7) is 5.26. The van der Waals surface area contributed by atoms with Gasteiger partial charge in [-0.15, -0.1) is 0 Å². The lowest BCUT2D eigenvalue weighted by Gasteiger charge is -2.21. The third-order valence-electron chi connectivity index (χ3n) is 5.27. The highest BCUT2D eigenvalue weighted by Crippen LogP contribution is 2.34. The van der Waals surface area contributed by atoms with E-state index >= 15 is 0 Å². The van der Waals surface area contributed by atoms with E-state index in [2.05, 4.69) is 20.2 Å². The molecule has 10 heteroatoms. The number of carbonyl (C=O) groups excluding carboxylic acids is 1. The molecule has 0 aliphatic carbocycles.